The molecular formula is C9H19N3O. The Kier molecular flexibility index (Phi) is 3.55. The molecule has 0 radical (unpaired) electrons. The Hall–Kier alpha value is -0.160. The average molecular weight is 185 g/mol. The SMILES string of the molecule is C1CNCCN(N2CCOCC2)C1. The first-order valence-corrected chi connectivity index (χ1v) is 5.25. The standard InChI is InChI=1S/C9H19N3O/c1-2-10-3-5-11(4-1)12-6-8-13-9-7-12/h10H,1-9H2. The Morgan fingerprint density at radius 3 is 2.46 bits per heavy atom. The Bertz CT molecular complexity index is 140. The van der Waals surface area contributed by atoms with E-state index in [2.05, 4.69) is 15.3 Å². The molecule has 2 aliphatic rings. The number of ether oxygens (including phenoxy) is 1. The quantitative estimate of drug-likeness (QED) is 0.597. The molecule has 13 heavy (non-hydrogen) atoms. The van der Waals surface area contributed by atoms with Crippen molar-refractivity contribution in [2.24, 2.45) is 0 Å². The molecule has 2 rings (SSSR count). The number of morpholine rings is 1. The maximum Gasteiger partial charge on any atom is 0.0608 e. The first kappa shape index (κ1) is 9.40. The van der Waals surface area contributed by atoms with E-state index in [-0.39, 0.29) is 0 Å². The zero-order chi connectivity index (χ0) is 8.93. The molecule has 0 aliphatic carbocycles. The van der Waals surface area contributed by atoms with Gasteiger partial charge in [-0.05, 0) is 13.0 Å². The molecule has 2 saturated heterocycles. The largest absolute Gasteiger partial charge is 0.379 e. The van der Waals surface area contributed by atoms with E-state index in [4.69, 9.17) is 4.74 Å². The Morgan fingerprint density at radius 1 is 0.846 bits per heavy atom. The van der Waals surface area contributed by atoms with Crippen LogP contribution in [0.15, 0.2) is 0 Å². The Labute approximate surface area is 79.8 Å². The molecule has 0 saturated carbocycles. The van der Waals surface area contributed by atoms with Crippen LogP contribution >= 0.6 is 0 Å². The van der Waals surface area contributed by atoms with Gasteiger partial charge in [-0.25, -0.2) is 10.0 Å². The molecule has 4 nitrogen and oxygen atoms in total. The second kappa shape index (κ2) is 4.91. The molecule has 2 aliphatic heterocycles. The van der Waals surface area contributed by atoms with E-state index in [1.165, 1.54) is 19.5 Å². The molecule has 0 unspecified atom stereocenters. The van der Waals surface area contributed by atoms with Crippen LogP contribution in [0.4, 0.5) is 0 Å². The van der Waals surface area contributed by atoms with Gasteiger partial charge in [0.1, 0.15) is 0 Å². The van der Waals surface area contributed by atoms with E-state index in [1.807, 2.05) is 0 Å². The van der Waals surface area contributed by atoms with Crippen molar-refractivity contribution in [1.29, 1.82) is 0 Å². The summed E-state index contributed by atoms with van der Waals surface area (Å²) in [5.41, 5.74) is 0. The fourth-order valence-electron chi connectivity index (χ4n) is 1.95. The van der Waals surface area contributed by atoms with Gasteiger partial charge >= 0.3 is 0 Å². The van der Waals surface area contributed by atoms with Crippen LogP contribution in [0.5, 0.6) is 0 Å². The monoisotopic (exact) mass is 185 g/mol. The zero-order valence-electron chi connectivity index (χ0n) is 8.17. The van der Waals surface area contributed by atoms with Crippen LogP contribution in [0.3, 0.4) is 0 Å². The Morgan fingerprint density at radius 2 is 1.62 bits per heavy atom. The third kappa shape index (κ3) is 2.64. The molecule has 0 bridgehead atoms. The van der Waals surface area contributed by atoms with Gasteiger partial charge in [-0.2, -0.15) is 0 Å². The van der Waals surface area contributed by atoms with E-state index < -0.39 is 0 Å². The van der Waals surface area contributed by atoms with Crippen molar-refractivity contribution in [3.05, 3.63) is 0 Å². The molecule has 76 valence electrons. The third-order valence-electron chi connectivity index (χ3n) is 2.70. The maximum absolute atomic E-state index is 5.34. The Balaban J connectivity index is 1.82. The summed E-state index contributed by atoms with van der Waals surface area (Å²) in [4.78, 5) is 0. The second-order valence-electron chi connectivity index (χ2n) is 3.62. The summed E-state index contributed by atoms with van der Waals surface area (Å²) in [7, 11) is 0. The minimum absolute atomic E-state index is 0.893. The number of rotatable bonds is 1. The fourth-order valence-corrected chi connectivity index (χ4v) is 1.95. The summed E-state index contributed by atoms with van der Waals surface area (Å²) in [5, 5.41) is 8.33. The topological polar surface area (TPSA) is 27.7 Å². The summed E-state index contributed by atoms with van der Waals surface area (Å²) in [6.45, 7) is 8.57. The van der Waals surface area contributed by atoms with Gasteiger partial charge in [0.2, 0.25) is 0 Å². The van der Waals surface area contributed by atoms with Crippen molar-refractivity contribution in [3.63, 3.8) is 0 Å². The average Bonchev–Trinajstić information content (AvgIpc) is 2.47. The minimum atomic E-state index is 0.893. The molecule has 2 fully saturated rings. The maximum atomic E-state index is 5.34. The number of hydrogen-bond acceptors (Lipinski definition) is 4. The number of nitrogens with one attached hydrogen (secondary N) is 1. The van der Waals surface area contributed by atoms with Gasteiger partial charge in [0, 0.05) is 32.7 Å². The highest BCUT2D eigenvalue weighted by atomic mass is 16.5. The van der Waals surface area contributed by atoms with Crippen molar-refractivity contribution in [2.75, 3.05) is 52.5 Å². The molecule has 0 spiro atoms. The molecular weight excluding hydrogens is 166 g/mol. The number of hydrogen-bond donors (Lipinski definition) is 1. The van der Waals surface area contributed by atoms with Crippen molar-refractivity contribution in [1.82, 2.24) is 15.3 Å². The molecule has 4 heteroatoms. The second-order valence-corrected chi connectivity index (χ2v) is 3.62. The van der Waals surface area contributed by atoms with Crippen LogP contribution in [0.2, 0.25) is 0 Å². The molecule has 1 N–H and O–H groups in total. The summed E-state index contributed by atoms with van der Waals surface area (Å²) in [6, 6.07) is 0. The van der Waals surface area contributed by atoms with Gasteiger partial charge in [0.25, 0.3) is 0 Å². The predicted octanol–water partition coefficient (Wildman–Crippen LogP) is -0.471. The van der Waals surface area contributed by atoms with E-state index in [9.17, 15) is 0 Å². The zero-order valence-corrected chi connectivity index (χ0v) is 8.17. The lowest BCUT2D eigenvalue weighted by Gasteiger charge is -2.36. The lowest BCUT2D eigenvalue weighted by atomic mass is 10.4. The lowest BCUT2D eigenvalue weighted by Crippen LogP contribution is -2.49. The van der Waals surface area contributed by atoms with E-state index >= 15 is 0 Å². The summed E-state index contributed by atoms with van der Waals surface area (Å²) in [5.74, 6) is 0. The molecule has 2 heterocycles. The van der Waals surface area contributed by atoms with Gasteiger partial charge in [0.15, 0.2) is 0 Å². The van der Waals surface area contributed by atoms with E-state index in [1.54, 1.807) is 0 Å². The van der Waals surface area contributed by atoms with E-state index in [0.717, 1.165) is 39.4 Å². The molecule has 0 aromatic carbocycles. The highest BCUT2D eigenvalue weighted by Crippen LogP contribution is 2.04. The molecule has 0 aromatic rings. The van der Waals surface area contributed by atoms with Gasteiger partial charge in [-0.15, -0.1) is 0 Å². The lowest BCUT2D eigenvalue weighted by molar-refractivity contribution is -0.0866. The van der Waals surface area contributed by atoms with Crippen LogP contribution in [-0.2, 0) is 4.74 Å². The van der Waals surface area contributed by atoms with Gasteiger partial charge in [-0.3, -0.25) is 0 Å². The van der Waals surface area contributed by atoms with Crippen molar-refractivity contribution in [3.8, 4) is 0 Å². The van der Waals surface area contributed by atoms with Gasteiger partial charge in [0.05, 0.1) is 13.2 Å². The highest BCUT2D eigenvalue weighted by Gasteiger charge is 2.18. The van der Waals surface area contributed by atoms with Crippen LogP contribution in [-0.4, -0.2) is 62.5 Å². The summed E-state index contributed by atoms with van der Waals surface area (Å²) < 4.78 is 5.34. The minimum Gasteiger partial charge on any atom is -0.379 e. The van der Waals surface area contributed by atoms with Crippen molar-refractivity contribution in [2.45, 2.75) is 6.42 Å². The fraction of sp³-hybridized carbons (Fsp3) is 1.00. The van der Waals surface area contributed by atoms with Crippen LogP contribution in [0.25, 0.3) is 0 Å². The normalized spacial score (nSPS) is 28.6. The van der Waals surface area contributed by atoms with Crippen molar-refractivity contribution >= 4 is 0 Å². The van der Waals surface area contributed by atoms with Gasteiger partial charge < -0.3 is 10.1 Å². The number of nitrogens with zero attached hydrogens (tertiary/aromatic N) is 2. The first-order valence-electron chi connectivity index (χ1n) is 5.25. The van der Waals surface area contributed by atoms with Gasteiger partial charge in [-0.1, -0.05) is 0 Å². The molecule has 0 aromatic heterocycles. The summed E-state index contributed by atoms with van der Waals surface area (Å²) in [6.07, 6.45) is 1.26. The first-order chi connectivity index (χ1) is 6.47. The molecule has 0 atom stereocenters. The van der Waals surface area contributed by atoms with Crippen molar-refractivity contribution < 1.29 is 4.74 Å². The predicted molar refractivity (Wildman–Crippen MR) is 51.5 cm³/mol. The summed E-state index contributed by atoms with van der Waals surface area (Å²) >= 11 is 0. The van der Waals surface area contributed by atoms with Crippen LogP contribution in [0.1, 0.15) is 6.42 Å². The smallest absolute Gasteiger partial charge is 0.0608 e. The number of hydrazine groups is 1. The van der Waals surface area contributed by atoms with Crippen LogP contribution < -0.4 is 5.32 Å². The van der Waals surface area contributed by atoms with E-state index in [0.29, 0.717) is 0 Å². The van der Waals surface area contributed by atoms with Crippen LogP contribution in [0, 0.1) is 0 Å². The highest BCUT2D eigenvalue weighted by molar-refractivity contribution is 4.67. The third-order valence-corrected chi connectivity index (χ3v) is 2.70. The molecule has 0 amide bonds.